The summed E-state index contributed by atoms with van der Waals surface area (Å²) in [5.74, 6) is -1.47. The molecule has 248 valence electrons. The molecule has 1 aromatic heterocycles. The van der Waals surface area contributed by atoms with Crippen LogP contribution in [-0.4, -0.2) is 71.5 Å². The van der Waals surface area contributed by atoms with Gasteiger partial charge in [-0.2, -0.15) is 0 Å². The Morgan fingerprint density at radius 1 is 1.00 bits per heavy atom. The van der Waals surface area contributed by atoms with E-state index in [9.17, 15) is 24.0 Å². The zero-order valence-electron chi connectivity index (χ0n) is 25.8. The molecular formula is C33H37ClN6O7. The summed E-state index contributed by atoms with van der Waals surface area (Å²) in [4.78, 5) is 66.4. The first-order valence-corrected chi connectivity index (χ1v) is 15.9. The van der Waals surface area contributed by atoms with Gasteiger partial charge in [0.2, 0.25) is 29.5 Å². The normalized spacial score (nSPS) is 21.9. The van der Waals surface area contributed by atoms with E-state index in [0.29, 0.717) is 24.4 Å². The third-order valence-electron chi connectivity index (χ3n) is 8.01. The molecule has 0 unspecified atom stereocenters. The molecule has 2 aliphatic heterocycles. The van der Waals surface area contributed by atoms with Crippen LogP contribution in [0.4, 0.5) is 0 Å². The lowest BCUT2D eigenvalue weighted by atomic mass is 10.0. The molecule has 5 amide bonds. The number of carbonyl (C=O) groups excluding carboxylic acids is 5. The van der Waals surface area contributed by atoms with E-state index in [1.807, 2.05) is 30.3 Å². The molecule has 1 spiro atoms. The van der Waals surface area contributed by atoms with Gasteiger partial charge in [0.1, 0.15) is 41.8 Å². The smallest absolute Gasteiger partial charge is 0.245 e. The average Bonchev–Trinajstić information content (AvgIpc) is 3.72. The monoisotopic (exact) mass is 664 g/mol. The Morgan fingerprint density at radius 2 is 1.74 bits per heavy atom. The number of rotatable bonds is 6. The summed E-state index contributed by atoms with van der Waals surface area (Å²) < 4.78 is 10.8. The SMILES string of the molecule is C[C@@H]1NC(=O)[C@@H](NC(=O)CCc2cc(Cl)no2)Cc2ccc(cc2)OCCNC(=O)C2(CC2)NC(=O)[C@@H](Cc2ccccc2)NC1=O. The van der Waals surface area contributed by atoms with Crippen molar-refractivity contribution in [2.45, 2.75) is 69.1 Å². The molecule has 0 radical (unpaired) electrons. The van der Waals surface area contributed by atoms with Crippen LogP contribution in [0.2, 0.25) is 5.15 Å². The largest absolute Gasteiger partial charge is 0.492 e. The van der Waals surface area contributed by atoms with Gasteiger partial charge >= 0.3 is 0 Å². The minimum absolute atomic E-state index is 0.00638. The second kappa shape index (κ2) is 15.1. The zero-order chi connectivity index (χ0) is 33.4. The molecule has 3 aromatic rings. The van der Waals surface area contributed by atoms with Gasteiger partial charge in [0.25, 0.3) is 0 Å². The fraction of sp³-hybridized carbons (Fsp3) is 0.394. The van der Waals surface area contributed by atoms with Crippen molar-refractivity contribution in [1.29, 1.82) is 0 Å². The van der Waals surface area contributed by atoms with E-state index in [4.69, 9.17) is 20.9 Å². The first-order valence-electron chi connectivity index (χ1n) is 15.5. The van der Waals surface area contributed by atoms with Crippen LogP contribution < -0.4 is 31.3 Å². The van der Waals surface area contributed by atoms with Crippen molar-refractivity contribution < 1.29 is 33.2 Å². The first kappa shape index (κ1) is 33.5. The molecule has 1 fully saturated rings. The van der Waals surface area contributed by atoms with Gasteiger partial charge in [-0.15, -0.1) is 0 Å². The summed E-state index contributed by atoms with van der Waals surface area (Å²) >= 11 is 5.80. The topological polar surface area (TPSA) is 181 Å². The van der Waals surface area contributed by atoms with Crippen molar-refractivity contribution in [3.05, 3.63) is 82.7 Å². The average molecular weight is 665 g/mol. The Hall–Kier alpha value is -4.91. The number of carbonyl (C=O) groups is 5. The lowest BCUT2D eigenvalue weighted by Crippen LogP contribution is -2.59. The zero-order valence-corrected chi connectivity index (χ0v) is 26.6. The summed E-state index contributed by atoms with van der Waals surface area (Å²) in [5, 5.41) is 17.6. The van der Waals surface area contributed by atoms with Crippen LogP contribution in [0.15, 0.2) is 65.2 Å². The second-order valence-corrected chi connectivity index (χ2v) is 12.1. The van der Waals surface area contributed by atoms with Crippen molar-refractivity contribution in [1.82, 2.24) is 31.7 Å². The van der Waals surface area contributed by atoms with Crippen molar-refractivity contribution in [3.8, 4) is 5.75 Å². The Labute approximate surface area is 276 Å². The van der Waals surface area contributed by atoms with Gasteiger partial charge in [-0.25, -0.2) is 0 Å². The van der Waals surface area contributed by atoms with Gasteiger partial charge in [-0.05, 0) is 43.0 Å². The van der Waals surface area contributed by atoms with Crippen LogP contribution in [-0.2, 0) is 43.2 Å². The van der Waals surface area contributed by atoms with Crippen LogP contribution >= 0.6 is 11.6 Å². The van der Waals surface area contributed by atoms with E-state index in [-0.39, 0.29) is 49.9 Å². The summed E-state index contributed by atoms with van der Waals surface area (Å²) in [6.45, 7) is 1.90. The Kier molecular flexibility index (Phi) is 10.8. The second-order valence-electron chi connectivity index (χ2n) is 11.7. The van der Waals surface area contributed by atoms with E-state index in [0.717, 1.165) is 11.1 Å². The maximum absolute atomic E-state index is 13.5. The number of aromatic nitrogens is 1. The number of halogens is 1. The lowest BCUT2D eigenvalue weighted by molar-refractivity contribution is -0.134. The van der Waals surface area contributed by atoms with Crippen molar-refractivity contribution in [3.63, 3.8) is 0 Å². The summed E-state index contributed by atoms with van der Waals surface area (Å²) in [7, 11) is 0. The third-order valence-corrected chi connectivity index (χ3v) is 8.19. The van der Waals surface area contributed by atoms with E-state index in [1.165, 1.54) is 13.0 Å². The standard InChI is InChI=1S/C33H37ClN6O7/c1-20-29(42)38-26(17-21-5-3-2-4-6-21)31(44)39-33(13-14-33)32(45)35-15-16-46-23-9-7-22(8-10-23)18-25(30(43)36-20)37-28(41)12-11-24-19-27(34)40-47-24/h2-10,19-20,25-26H,11-18H2,1H3,(H,35,45)(H,36,43)(H,37,41)(H,38,42)(H,39,44)/t20-,25-,26+/m0/s1. The van der Waals surface area contributed by atoms with Crippen LogP contribution in [0.5, 0.6) is 5.75 Å². The number of fused-ring (bicyclic) bond motifs is 15. The Bertz CT molecular complexity index is 1590. The van der Waals surface area contributed by atoms with Crippen LogP contribution in [0.25, 0.3) is 0 Å². The van der Waals surface area contributed by atoms with Gasteiger partial charge in [0, 0.05) is 31.7 Å². The molecule has 5 N–H and O–H groups in total. The molecule has 0 saturated heterocycles. The summed E-state index contributed by atoms with van der Waals surface area (Å²) in [6.07, 6.45) is 1.44. The fourth-order valence-electron chi connectivity index (χ4n) is 5.17. The third kappa shape index (κ3) is 9.32. The lowest BCUT2D eigenvalue weighted by Gasteiger charge is -2.25. The predicted molar refractivity (Wildman–Crippen MR) is 170 cm³/mol. The van der Waals surface area contributed by atoms with E-state index >= 15 is 0 Å². The number of nitrogens with zero attached hydrogens (tertiary/aromatic N) is 1. The highest BCUT2D eigenvalue weighted by Crippen LogP contribution is 2.35. The fourth-order valence-corrected chi connectivity index (χ4v) is 5.33. The predicted octanol–water partition coefficient (Wildman–Crippen LogP) is 1.38. The highest BCUT2D eigenvalue weighted by atomic mass is 35.5. The van der Waals surface area contributed by atoms with E-state index in [2.05, 4.69) is 31.7 Å². The molecule has 3 heterocycles. The molecule has 2 bridgehead atoms. The van der Waals surface area contributed by atoms with Crippen LogP contribution in [0, 0.1) is 0 Å². The van der Waals surface area contributed by atoms with Gasteiger partial charge in [0.15, 0.2) is 5.15 Å². The molecule has 13 nitrogen and oxygen atoms in total. The summed E-state index contributed by atoms with van der Waals surface area (Å²) in [6, 6.07) is 14.5. The van der Waals surface area contributed by atoms with Gasteiger partial charge in [-0.3, -0.25) is 24.0 Å². The first-order chi connectivity index (χ1) is 22.6. The van der Waals surface area contributed by atoms with Gasteiger partial charge < -0.3 is 35.8 Å². The number of aryl methyl sites for hydroxylation is 1. The molecule has 47 heavy (non-hydrogen) atoms. The molecule has 14 heteroatoms. The quantitative estimate of drug-likeness (QED) is 0.245. The van der Waals surface area contributed by atoms with E-state index < -0.39 is 47.3 Å². The number of ether oxygens (including phenoxy) is 1. The maximum atomic E-state index is 13.5. The van der Waals surface area contributed by atoms with Crippen molar-refractivity contribution >= 4 is 41.1 Å². The number of benzene rings is 2. The highest BCUT2D eigenvalue weighted by molar-refractivity contribution is 6.29. The highest BCUT2D eigenvalue weighted by Gasteiger charge is 2.51. The number of amides is 5. The van der Waals surface area contributed by atoms with Gasteiger partial charge in [0.05, 0.1) is 6.54 Å². The number of nitrogens with one attached hydrogen (secondary N) is 5. The van der Waals surface area contributed by atoms with Crippen molar-refractivity contribution in [2.75, 3.05) is 13.2 Å². The van der Waals surface area contributed by atoms with Crippen LogP contribution in [0.3, 0.4) is 0 Å². The van der Waals surface area contributed by atoms with Crippen LogP contribution in [0.1, 0.15) is 43.1 Å². The molecule has 6 rings (SSSR count). The molecule has 1 saturated carbocycles. The summed E-state index contributed by atoms with van der Waals surface area (Å²) in [5.41, 5.74) is 0.464. The minimum Gasteiger partial charge on any atom is -0.492 e. The molecule has 3 atom stereocenters. The van der Waals surface area contributed by atoms with E-state index in [1.54, 1.807) is 24.3 Å². The number of hydrogen-bond donors (Lipinski definition) is 5. The molecule has 1 aliphatic carbocycles. The molecule has 3 aliphatic rings. The Morgan fingerprint density at radius 3 is 2.43 bits per heavy atom. The molecular weight excluding hydrogens is 628 g/mol. The maximum Gasteiger partial charge on any atom is 0.245 e. The van der Waals surface area contributed by atoms with Gasteiger partial charge in [-0.1, -0.05) is 59.2 Å². The number of hydrogen-bond acceptors (Lipinski definition) is 8. The minimum atomic E-state index is -1.07. The molecule has 2 aromatic carbocycles. The Balaban J connectivity index is 1.34. The van der Waals surface area contributed by atoms with Crippen molar-refractivity contribution in [2.24, 2.45) is 0 Å².